The van der Waals surface area contributed by atoms with Crippen molar-refractivity contribution in [1.29, 1.82) is 0 Å². The van der Waals surface area contributed by atoms with E-state index in [1.165, 1.54) is 0 Å². The number of aldehydes is 1. The van der Waals surface area contributed by atoms with Crippen molar-refractivity contribution in [3.8, 4) is 0 Å². The van der Waals surface area contributed by atoms with Crippen molar-refractivity contribution >= 4 is 18.5 Å². The number of carbonyl (C=O) groups is 1. The summed E-state index contributed by atoms with van der Waals surface area (Å²) in [6, 6.07) is 0. The third-order valence-corrected chi connectivity index (χ3v) is 1.96. The first-order valence-electron chi connectivity index (χ1n) is 3.84. The van der Waals surface area contributed by atoms with Crippen molar-refractivity contribution in [3.05, 3.63) is 4.91 Å². The van der Waals surface area contributed by atoms with Gasteiger partial charge in [0.15, 0.2) is 24.6 Å². The smallest absolute Gasteiger partial charge is 0.182 e. The van der Waals surface area contributed by atoms with E-state index in [1.807, 2.05) is 0 Å². The van der Waals surface area contributed by atoms with Crippen molar-refractivity contribution in [1.82, 2.24) is 0 Å². The lowest BCUT2D eigenvalue weighted by atomic mass is 10.0. The molecule has 0 bridgehead atoms. The van der Waals surface area contributed by atoms with Gasteiger partial charge >= 0.3 is 0 Å². The summed E-state index contributed by atoms with van der Waals surface area (Å²) in [6.07, 6.45) is -6.53. The molecule has 8 nitrogen and oxygen atoms in total. The summed E-state index contributed by atoms with van der Waals surface area (Å²) in [5.41, 5.74) is 0. The molecule has 0 aliphatic heterocycles. The maximum absolute atomic E-state index is 10.4. The highest BCUT2D eigenvalue weighted by molar-refractivity contribution is 7.93. The molecule has 0 unspecified atom stereocenters. The largest absolute Gasteiger partial charge is 0.394 e. The van der Waals surface area contributed by atoms with Crippen LogP contribution in [0.5, 0.6) is 0 Å². The molecule has 0 fully saturated rings. The number of hydrogen-bond donors (Lipinski definition) is 4. The Balaban J connectivity index is 4.28. The average molecular weight is 241 g/mol. The summed E-state index contributed by atoms with van der Waals surface area (Å²) >= 11 is 0.0288. The van der Waals surface area contributed by atoms with Crippen LogP contribution in [-0.4, -0.2) is 57.7 Å². The van der Waals surface area contributed by atoms with Gasteiger partial charge in [0.25, 0.3) is 0 Å². The molecule has 15 heavy (non-hydrogen) atoms. The van der Waals surface area contributed by atoms with Crippen molar-refractivity contribution in [2.45, 2.75) is 24.4 Å². The van der Waals surface area contributed by atoms with E-state index >= 15 is 0 Å². The molecule has 0 spiro atoms. The Labute approximate surface area is 89.2 Å². The van der Waals surface area contributed by atoms with Gasteiger partial charge in [-0.2, -0.15) is 0 Å². The molecule has 0 aromatic heterocycles. The number of nitroso groups, excluding NO2 is 1. The SMILES string of the molecule is O=C[C@H](OSN=O)[C@@H](O)[C@H](O)[C@H](O)CO. The molecule has 0 heterocycles. The Morgan fingerprint density at radius 3 is 2.33 bits per heavy atom. The molecule has 0 aromatic carbocycles. The zero-order valence-corrected chi connectivity index (χ0v) is 8.28. The van der Waals surface area contributed by atoms with E-state index in [-0.39, 0.29) is 18.5 Å². The molecular formula is C6H11NO7S. The molecular weight excluding hydrogens is 230 g/mol. The third kappa shape index (κ3) is 4.64. The van der Waals surface area contributed by atoms with Gasteiger partial charge in [-0.15, -0.1) is 4.91 Å². The predicted octanol–water partition coefficient (Wildman–Crippen LogP) is -2.02. The molecule has 0 amide bonds. The highest BCUT2D eigenvalue weighted by atomic mass is 32.2. The van der Waals surface area contributed by atoms with E-state index < -0.39 is 31.0 Å². The van der Waals surface area contributed by atoms with Crippen LogP contribution >= 0.6 is 12.2 Å². The zero-order chi connectivity index (χ0) is 11.8. The first-order valence-corrected chi connectivity index (χ1v) is 4.53. The zero-order valence-electron chi connectivity index (χ0n) is 7.46. The van der Waals surface area contributed by atoms with Crippen molar-refractivity contribution < 1.29 is 29.4 Å². The Kier molecular flexibility index (Phi) is 7.38. The second-order valence-electron chi connectivity index (χ2n) is 2.58. The highest BCUT2D eigenvalue weighted by Gasteiger charge is 2.32. The number of carbonyl (C=O) groups excluding carboxylic acids is 1. The van der Waals surface area contributed by atoms with Crippen LogP contribution in [0.4, 0.5) is 0 Å². The fourth-order valence-corrected chi connectivity index (χ4v) is 1.05. The number of nitrogens with zero attached hydrogens (tertiary/aromatic N) is 1. The molecule has 88 valence electrons. The van der Waals surface area contributed by atoms with Gasteiger partial charge in [-0.05, 0) is 0 Å². The van der Waals surface area contributed by atoms with E-state index in [1.54, 1.807) is 0 Å². The molecule has 0 rings (SSSR count). The van der Waals surface area contributed by atoms with Crippen molar-refractivity contribution in [2.75, 3.05) is 6.61 Å². The van der Waals surface area contributed by atoms with Crippen LogP contribution in [-0.2, 0) is 8.98 Å². The van der Waals surface area contributed by atoms with Crippen LogP contribution in [0.15, 0.2) is 4.58 Å². The van der Waals surface area contributed by atoms with Gasteiger partial charge in [-0.1, -0.05) is 0 Å². The molecule has 0 aromatic rings. The van der Waals surface area contributed by atoms with Crippen LogP contribution in [0.25, 0.3) is 0 Å². The van der Waals surface area contributed by atoms with Crippen molar-refractivity contribution in [3.63, 3.8) is 0 Å². The van der Waals surface area contributed by atoms with Gasteiger partial charge in [0.1, 0.15) is 18.3 Å². The van der Waals surface area contributed by atoms with Crippen LogP contribution in [0.1, 0.15) is 0 Å². The van der Waals surface area contributed by atoms with Crippen LogP contribution in [0.2, 0.25) is 0 Å². The minimum absolute atomic E-state index is 0.0288. The Morgan fingerprint density at radius 1 is 1.33 bits per heavy atom. The summed E-state index contributed by atoms with van der Waals surface area (Å²) in [6.45, 7) is -0.789. The normalized spacial score (nSPS) is 18.9. The van der Waals surface area contributed by atoms with Gasteiger partial charge in [0.2, 0.25) is 0 Å². The van der Waals surface area contributed by atoms with E-state index in [9.17, 15) is 19.9 Å². The predicted molar refractivity (Wildman–Crippen MR) is 49.4 cm³/mol. The minimum atomic E-state index is -1.77. The molecule has 0 saturated heterocycles. The quantitative estimate of drug-likeness (QED) is 0.165. The Bertz CT molecular complexity index is 204. The number of aliphatic hydroxyl groups excluding tert-OH is 4. The topological polar surface area (TPSA) is 137 Å². The van der Waals surface area contributed by atoms with E-state index in [4.69, 9.17) is 10.2 Å². The summed E-state index contributed by atoms with van der Waals surface area (Å²) in [5, 5.41) is 35.8. The first kappa shape index (κ1) is 14.4. The average Bonchev–Trinajstić information content (AvgIpc) is 2.27. The van der Waals surface area contributed by atoms with Crippen LogP contribution < -0.4 is 0 Å². The second-order valence-corrected chi connectivity index (χ2v) is 3.07. The van der Waals surface area contributed by atoms with Crippen LogP contribution in [0.3, 0.4) is 0 Å². The Hall–Kier alpha value is -0.580. The van der Waals surface area contributed by atoms with Gasteiger partial charge in [-0.25, -0.2) is 0 Å². The molecule has 0 aliphatic carbocycles. The monoisotopic (exact) mass is 241 g/mol. The number of aliphatic hydroxyl groups is 4. The molecule has 0 radical (unpaired) electrons. The fraction of sp³-hybridized carbons (Fsp3) is 0.833. The molecule has 4 atom stereocenters. The molecule has 9 heteroatoms. The van der Waals surface area contributed by atoms with E-state index in [0.717, 1.165) is 0 Å². The maximum Gasteiger partial charge on any atom is 0.182 e. The third-order valence-electron chi connectivity index (χ3n) is 1.59. The summed E-state index contributed by atoms with van der Waals surface area (Å²) in [5.74, 6) is 0. The van der Waals surface area contributed by atoms with Gasteiger partial charge < -0.3 is 25.2 Å². The standard InChI is InChI=1S/C6H11NO7S/c8-1-3(10)5(11)6(12)4(2-9)14-15-7-13/h2-6,8,10-12H,1H2/t3-,4+,5-,6-/m1/s1. The minimum Gasteiger partial charge on any atom is -0.394 e. The molecule has 0 aliphatic rings. The van der Waals surface area contributed by atoms with Gasteiger partial charge in [-0.3, -0.25) is 4.18 Å². The Morgan fingerprint density at radius 2 is 1.93 bits per heavy atom. The lowest BCUT2D eigenvalue weighted by Gasteiger charge is -2.24. The first-order chi connectivity index (χ1) is 7.08. The van der Waals surface area contributed by atoms with E-state index in [0.29, 0.717) is 0 Å². The number of hydrogen-bond acceptors (Lipinski definition) is 9. The molecule has 0 saturated carbocycles. The lowest BCUT2D eigenvalue weighted by Crippen LogP contribution is -2.46. The van der Waals surface area contributed by atoms with Crippen molar-refractivity contribution in [2.24, 2.45) is 4.58 Å². The van der Waals surface area contributed by atoms with E-state index in [2.05, 4.69) is 8.77 Å². The highest BCUT2D eigenvalue weighted by Crippen LogP contribution is 2.13. The van der Waals surface area contributed by atoms with Crippen LogP contribution in [0, 0.1) is 4.91 Å². The maximum atomic E-state index is 10.4. The summed E-state index contributed by atoms with van der Waals surface area (Å²) in [7, 11) is 0. The summed E-state index contributed by atoms with van der Waals surface area (Å²) in [4.78, 5) is 20.0. The van der Waals surface area contributed by atoms with Gasteiger partial charge in [0.05, 0.1) is 6.61 Å². The summed E-state index contributed by atoms with van der Waals surface area (Å²) < 4.78 is 6.60. The van der Waals surface area contributed by atoms with Gasteiger partial charge in [0, 0.05) is 4.58 Å². The fourth-order valence-electron chi connectivity index (χ4n) is 0.757. The lowest BCUT2D eigenvalue weighted by molar-refractivity contribution is -0.131. The second kappa shape index (κ2) is 7.68. The molecule has 4 N–H and O–H groups in total. The number of rotatable bonds is 8.